The van der Waals surface area contributed by atoms with Crippen LogP contribution in [0.2, 0.25) is 0 Å². The summed E-state index contributed by atoms with van der Waals surface area (Å²) in [6.07, 6.45) is 8.97. The predicted octanol–water partition coefficient (Wildman–Crippen LogP) is 3.37. The van der Waals surface area contributed by atoms with Gasteiger partial charge in [-0.05, 0) is 18.9 Å². The van der Waals surface area contributed by atoms with Gasteiger partial charge >= 0.3 is 0 Å². The van der Waals surface area contributed by atoms with E-state index in [0.717, 1.165) is 31.9 Å². The molecule has 1 heterocycles. The number of carbonyl (C=O) groups is 1. The van der Waals surface area contributed by atoms with E-state index in [0.29, 0.717) is 0 Å². The third-order valence-electron chi connectivity index (χ3n) is 3.26. The van der Waals surface area contributed by atoms with E-state index in [4.69, 9.17) is 0 Å². The summed E-state index contributed by atoms with van der Waals surface area (Å²) in [7, 11) is 0. The maximum absolute atomic E-state index is 13.4. The topological polar surface area (TPSA) is 30.0 Å². The van der Waals surface area contributed by atoms with Crippen LogP contribution in [0.15, 0.2) is 18.5 Å². The molecule has 0 saturated heterocycles. The minimum atomic E-state index is -0.489. The van der Waals surface area contributed by atoms with Crippen molar-refractivity contribution in [2.45, 2.75) is 38.5 Å². The van der Waals surface area contributed by atoms with Gasteiger partial charge in [0.15, 0.2) is 11.6 Å². The van der Waals surface area contributed by atoms with E-state index in [1.165, 1.54) is 25.1 Å². The summed E-state index contributed by atoms with van der Waals surface area (Å²) >= 11 is 0. The number of hydrogen-bond acceptors (Lipinski definition) is 2. The minimum Gasteiger partial charge on any atom is -0.294 e. The molecule has 0 spiro atoms. The van der Waals surface area contributed by atoms with Gasteiger partial charge in [0.2, 0.25) is 0 Å². The molecular formula is C13H16FNO. The van der Waals surface area contributed by atoms with Crippen LogP contribution in [0.5, 0.6) is 0 Å². The highest BCUT2D eigenvalue weighted by Gasteiger charge is 2.23. The molecule has 0 N–H and O–H groups in total. The normalized spacial score (nSPS) is 18.1. The molecule has 3 heteroatoms. The summed E-state index contributed by atoms with van der Waals surface area (Å²) in [6.45, 7) is 0. The van der Waals surface area contributed by atoms with Crippen molar-refractivity contribution in [3.8, 4) is 0 Å². The van der Waals surface area contributed by atoms with Gasteiger partial charge in [-0.2, -0.15) is 0 Å². The lowest BCUT2D eigenvalue weighted by molar-refractivity contribution is 0.0903. The molecule has 2 nitrogen and oxygen atoms in total. The van der Waals surface area contributed by atoms with Gasteiger partial charge in [0, 0.05) is 12.1 Å². The van der Waals surface area contributed by atoms with Crippen molar-refractivity contribution in [3.63, 3.8) is 0 Å². The molecule has 86 valence electrons. The standard InChI is InChI=1S/C13H16FNO/c14-12-9-15-8-7-11(12)13(16)10-5-3-1-2-4-6-10/h7-10H,1-6H2. The van der Waals surface area contributed by atoms with Gasteiger partial charge in [-0.1, -0.05) is 25.7 Å². The Hall–Kier alpha value is -1.25. The third kappa shape index (κ3) is 2.46. The number of hydrogen-bond donors (Lipinski definition) is 0. The Kier molecular flexibility index (Phi) is 3.65. The van der Waals surface area contributed by atoms with Crippen LogP contribution >= 0.6 is 0 Å². The van der Waals surface area contributed by atoms with Crippen molar-refractivity contribution in [2.75, 3.05) is 0 Å². The van der Waals surface area contributed by atoms with Crippen LogP contribution in [0.25, 0.3) is 0 Å². The zero-order valence-electron chi connectivity index (χ0n) is 9.29. The molecule has 1 saturated carbocycles. The lowest BCUT2D eigenvalue weighted by Gasteiger charge is -2.12. The van der Waals surface area contributed by atoms with E-state index in [1.54, 1.807) is 0 Å². The highest BCUT2D eigenvalue weighted by molar-refractivity contribution is 5.97. The van der Waals surface area contributed by atoms with Gasteiger partial charge in [-0.15, -0.1) is 0 Å². The van der Waals surface area contributed by atoms with Crippen molar-refractivity contribution < 1.29 is 9.18 Å². The molecule has 0 amide bonds. The van der Waals surface area contributed by atoms with E-state index in [1.807, 2.05) is 0 Å². The number of Topliss-reactive ketones (excluding diaryl/α,β-unsaturated/α-hetero) is 1. The fourth-order valence-corrected chi connectivity index (χ4v) is 2.34. The van der Waals surface area contributed by atoms with Crippen molar-refractivity contribution >= 4 is 5.78 Å². The number of pyridine rings is 1. The van der Waals surface area contributed by atoms with Crippen LogP contribution in [-0.4, -0.2) is 10.8 Å². The molecule has 0 atom stereocenters. The first-order chi connectivity index (χ1) is 7.79. The fraction of sp³-hybridized carbons (Fsp3) is 0.538. The minimum absolute atomic E-state index is 0.0133. The van der Waals surface area contributed by atoms with Crippen LogP contribution in [-0.2, 0) is 0 Å². The highest BCUT2D eigenvalue weighted by atomic mass is 19.1. The molecule has 0 aliphatic heterocycles. The van der Waals surface area contributed by atoms with E-state index in [9.17, 15) is 9.18 Å². The Bertz CT molecular complexity index is 370. The lowest BCUT2D eigenvalue weighted by Crippen LogP contribution is -2.15. The lowest BCUT2D eigenvalue weighted by atomic mass is 9.91. The zero-order valence-corrected chi connectivity index (χ0v) is 9.29. The fourth-order valence-electron chi connectivity index (χ4n) is 2.34. The molecule has 1 aromatic rings. The second kappa shape index (κ2) is 5.19. The Balaban J connectivity index is 2.14. The van der Waals surface area contributed by atoms with Crippen LogP contribution < -0.4 is 0 Å². The second-order valence-corrected chi connectivity index (χ2v) is 4.41. The smallest absolute Gasteiger partial charge is 0.168 e. The monoisotopic (exact) mass is 221 g/mol. The largest absolute Gasteiger partial charge is 0.294 e. The van der Waals surface area contributed by atoms with Crippen LogP contribution in [0.3, 0.4) is 0 Å². The van der Waals surface area contributed by atoms with Crippen molar-refractivity contribution in [1.29, 1.82) is 0 Å². The Labute approximate surface area is 94.9 Å². The van der Waals surface area contributed by atoms with E-state index in [2.05, 4.69) is 4.98 Å². The number of aromatic nitrogens is 1. The molecule has 0 bridgehead atoms. The molecule has 1 aliphatic rings. The number of rotatable bonds is 2. The van der Waals surface area contributed by atoms with E-state index >= 15 is 0 Å². The maximum Gasteiger partial charge on any atom is 0.168 e. The SMILES string of the molecule is O=C(c1ccncc1F)C1CCCCCC1. The third-order valence-corrected chi connectivity index (χ3v) is 3.26. The first kappa shape index (κ1) is 11.2. The first-order valence-electron chi connectivity index (χ1n) is 5.93. The Morgan fingerprint density at radius 2 is 1.94 bits per heavy atom. The molecule has 1 fully saturated rings. The second-order valence-electron chi connectivity index (χ2n) is 4.41. The number of nitrogens with zero attached hydrogens (tertiary/aromatic N) is 1. The summed E-state index contributed by atoms with van der Waals surface area (Å²) < 4.78 is 13.4. The summed E-state index contributed by atoms with van der Waals surface area (Å²) in [4.78, 5) is 15.8. The summed E-state index contributed by atoms with van der Waals surface area (Å²) in [5, 5.41) is 0. The van der Waals surface area contributed by atoms with Crippen LogP contribution in [0, 0.1) is 11.7 Å². The molecule has 0 radical (unpaired) electrons. The van der Waals surface area contributed by atoms with Crippen LogP contribution in [0.1, 0.15) is 48.9 Å². The molecule has 0 unspecified atom stereocenters. The average molecular weight is 221 g/mol. The van der Waals surface area contributed by atoms with Crippen LogP contribution in [0.4, 0.5) is 4.39 Å². The van der Waals surface area contributed by atoms with Crippen molar-refractivity contribution in [1.82, 2.24) is 4.98 Å². The van der Waals surface area contributed by atoms with Gasteiger partial charge in [0.05, 0.1) is 11.8 Å². The molecular weight excluding hydrogens is 205 g/mol. The van der Waals surface area contributed by atoms with Gasteiger partial charge in [-0.3, -0.25) is 9.78 Å². The molecule has 0 aromatic carbocycles. The Morgan fingerprint density at radius 3 is 2.56 bits per heavy atom. The summed E-state index contributed by atoms with van der Waals surface area (Å²) in [5.74, 6) is -0.516. The molecule has 16 heavy (non-hydrogen) atoms. The quantitative estimate of drug-likeness (QED) is 0.566. The van der Waals surface area contributed by atoms with E-state index in [-0.39, 0.29) is 17.3 Å². The summed E-state index contributed by atoms with van der Waals surface area (Å²) in [5.41, 5.74) is 0.210. The molecule has 1 aliphatic carbocycles. The van der Waals surface area contributed by atoms with Gasteiger partial charge in [-0.25, -0.2) is 4.39 Å². The average Bonchev–Trinajstić information content (AvgIpc) is 2.57. The summed E-state index contributed by atoms with van der Waals surface area (Å²) in [6, 6.07) is 1.49. The highest BCUT2D eigenvalue weighted by Crippen LogP contribution is 2.26. The van der Waals surface area contributed by atoms with Crippen molar-refractivity contribution in [3.05, 3.63) is 29.8 Å². The van der Waals surface area contributed by atoms with Gasteiger partial charge in [0.25, 0.3) is 0 Å². The maximum atomic E-state index is 13.4. The molecule has 2 rings (SSSR count). The number of carbonyl (C=O) groups excluding carboxylic acids is 1. The van der Waals surface area contributed by atoms with Gasteiger partial charge < -0.3 is 0 Å². The number of ketones is 1. The zero-order chi connectivity index (χ0) is 11.4. The molecule has 1 aromatic heterocycles. The Morgan fingerprint density at radius 1 is 1.25 bits per heavy atom. The van der Waals surface area contributed by atoms with E-state index < -0.39 is 5.82 Å². The van der Waals surface area contributed by atoms with Crippen molar-refractivity contribution in [2.24, 2.45) is 5.92 Å². The number of halogens is 1. The predicted molar refractivity (Wildman–Crippen MR) is 59.7 cm³/mol. The van der Waals surface area contributed by atoms with Gasteiger partial charge in [0.1, 0.15) is 0 Å². The first-order valence-corrected chi connectivity index (χ1v) is 5.93.